The molecule has 182 valence electrons. The van der Waals surface area contributed by atoms with Gasteiger partial charge in [-0.3, -0.25) is 14.8 Å². The summed E-state index contributed by atoms with van der Waals surface area (Å²) in [5.41, 5.74) is 5.54. The van der Waals surface area contributed by atoms with E-state index in [1.165, 1.54) is 31.6 Å². The van der Waals surface area contributed by atoms with Crippen LogP contribution < -0.4 is 10.5 Å². The molecular weight excluding hydrogens is 459 g/mol. The number of carbonyl (C=O) groups excluding carboxylic acids is 1. The molecule has 2 aliphatic heterocycles. The van der Waals surface area contributed by atoms with Gasteiger partial charge in [-0.05, 0) is 45.7 Å². The Balaban J connectivity index is 1.76. The summed E-state index contributed by atoms with van der Waals surface area (Å²) in [7, 11) is -1.43. The maximum atomic E-state index is 15.2. The molecule has 0 amide bonds. The molecule has 11 heteroatoms. The number of methoxy groups -OCH3 is 1. The molecule has 2 aliphatic rings. The van der Waals surface area contributed by atoms with E-state index in [1.807, 2.05) is 0 Å². The van der Waals surface area contributed by atoms with Crippen LogP contribution >= 0.6 is 0 Å². The summed E-state index contributed by atoms with van der Waals surface area (Å²) in [5.74, 6) is -0.463. The van der Waals surface area contributed by atoms with Crippen LogP contribution in [0.5, 0.6) is 5.88 Å². The Bertz CT molecular complexity index is 1270. The lowest BCUT2D eigenvalue weighted by Gasteiger charge is -2.46. The van der Waals surface area contributed by atoms with Crippen molar-refractivity contribution in [2.75, 3.05) is 13.7 Å². The van der Waals surface area contributed by atoms with Gasteiger partial charge in [-0.1, -0.05) is 6.42 Å². The van der Waals surface area contributed by atoms with Gasteiger partial charge >= 0.3 is 0 Å². The normalized spacial score (nSPS) is 28.1. The summed E-state index contributed by atoms with van der Waals surface area (Å²) in [4.78, 5) is 30.0. The number of ketones is 1. The van der Waals surface area contributed by atoms with E-state index in [0.717, 1.165) is 12.8 Å². The SMILES string of the molecule is COc1cnc(C(=O)Cc2ccc(F)c([C@@]3(C)N=C(N)C(C)(C)[S@]4(=O)=NCCCC[C@@H]34)n2)cn1. The standard InChI is InChI=1S/C23H29FN6O3S/c1-22(2)21(25)30-23(3,18-7-5-6-10-28-34(18,22)32)20-15(24)9-8-14(29-20)11-17(31)16-12-27-19(33-4)13-26-16/h8-9,12-13,18H,5-7,10-11H2,1-4H3,(H2,25,30)/t18-,23-,34-/m0/s1. The Morgan fingerprint density at radius 3 is 2.68 bits per heavy atom. The predicted molar refractivity (Wildman–Crippen MR) is 127 cm³/mol. The Hall–Kier alpha value is -2.95. The molecule has 4 rings (SSSR count). The van der Waals surface area contributed by atoms with Gasteiger partial charge in [-0.2, -0.15) is 0 Å². The molecule has 2 N–H and O–H groups in total. The Morgan fingerprint density at radius 2 is 2.00 bits per heavy atom. The molecule has 2 aromatic rings. The summed E-state index contributed by atoms with van der Waals surface area (Å²) in [6, 6.07) is 2.71. The minimum absolute atomic E-state index is 0.0203. The summed E-state index contributed by atoms with van der Waals surface area (Å²) < 4.78 is 38.2. The van der Waals surface area contributed by atoms with Crippen molar-refractivity contribution in [1.29, 1.82) is 0 Å². The van der Waals surface area contributed by atoms with Crippen molar-refractivity contribution < 1.29 is 18.1 Å². The zero-order valence-electron chi connectivity index (χ0n) is 19.7. The minimum atomic E-state index is -2.89. The van der Waals surface area contributed by atoms with Crippen molar-refractivity contribution >= 4 is 21.3 Å². The molecule has 0 radical (unpaired) electrons. The first kappa shape index (κ1) is 24.2. The third-order valence-corrected chi connectivity index (χ3v) is 10.4. The third-order valence-electron chi connectivity index (χ3n) is 6.72. The quantitative estimate of drug-likeness (QED) is 0.640. The molecule has 4 heterocycles. The fraction of sp³-hybridized carbons (Fsp3) is 0.522. The Morgan fingerprint density at radius 1 is 1.24 bits per heavy atom. The van der Waals surface area contributed by atoms with Crippen LogP contribution in [0.25, 0.3) is 0 Å². The van der Waals surface area contributed by atoms with Crippen LogP contribution in [0.1, 0.15) is 61.9 Å². The second kappa shape index (κ2) is 8.68. The van der Waals surface area contributed by atoms with Crippen molar-refractivity contribution in [3.63, 3.8) is 0 Å². The van der Waals surface area contributed by atoms with Crippen LogP contribution in [-0.2, 0) is 21.7 Å². The van der Waals surface area contributed by atoms with Crippen LogP contribution in [0.3, 0.4) is 0 Å². The number of fused-ring (bicyclic) bond motifs is 1. The first-order valence-corrected chi connectivity index (χ1v) is 12.7. The van der Waals surface area contributed by atoms with E-state index < -0.39 is 31.1 Å². The number of hydrogen-bond donors (Lipinski definition) is 1. The van der Waals surface area contributed by atoms with Crippen molar-refractivity contribution in [3.05, 3.63) is 47.4 Å². The summed E-state index contributed by atoms with van der Waals surface area (Å²) >= 11 is 0. The van der Waals surface area contributed by atoms with Gasteiger partial charge in [0.15, 0.2) is 5.78 Å². The van der Waals surface area contributed by atoms with Gasteiger partial charge in [0.05, 0.1) is 40.9 Å². The number of hydrogen-bond acceptors (Lipinski definition) is 9. The topological polar surface area (TPSA) is 133 Å². The molecular formula is C23H29FN6O3S. The average molecular weight is 489 g/mol. The number of ether oxygens (including phenoxy) is 1. The van der Waals surface area contributed by atoms with E-state index in [-0.39, 0.29) is 29.4 Å². The summed E-state index contributed by atoms with van der Waals surface area (Å²) in [6.45, 7) is 5.75. The highest BCUT2D eigenvalue weighted by atomic mass is 32.2. The summed E-state index contributed by atoms with van der Waals surface area (Å²) in [5, 5.41) is -0.565. The van der Waals surface area contributed by atoms with E-state index in [9.17, 15) is 9.00 Å². The van der Waals surface area contributed by atoms with Crippen LogP contribution in [-0.4, -0.2) is 54.4 Å². The highest BCUT2D eigenvalue weighted by molar-refractivity contribution is 7.96. The number of amidine groups is 1. The lowest BCUT2D eigenvalue weighted by Crippen LogP contribution is -2.59. The first-order chi connectivity index (χ1) is 16.0. The highest BCUT2D eigenvalue weighted by Gasteiger charge is 2.56. The fourth-order valence-electron chi connectivity index (χ4n) is 4.57. The Labute approximate surface area is 198 Å². The van der Waals surface area contributed by atoms with Gasteiger partial charge in [-0.15, -0.1) is 0 Å². The maximum Gasteiger partial charge on any atom is 0.232 e. The smallest absolute Gasteiger partial charge is 0.232 e. The van der Waals surface area contributed by atoms with Crippen LogP contribution in [0.15, 0.2) is 33.9 Å². The van der Waals surface area contributed by atoms with Gasteiger partial charge in [0.25, 0.3) is 0 Å². The number of rotatable bonds is 5. The van der Waals surface area contributed by atoms with E-state index in [1.54, 1.807) is 20.8 Å². The molecule has 0 bridgehead atoms. The van der Waals surface area contributed by atoms with Crippen molar-refractivity contribution in [2.45, 2.75) is 62.0 Å². The van der Waals surface area contributed by atoms with Crippen LogP contribution in [0.2, 0.25) is 0 Å². The zero-order chi connectivity index (χ0) is 24.7. The van der Waals surface area contributed by atoms with E-state index >= 15 is 4.39 Å². The molecule has 3 atom stereocenters. The second-order valence-corrected chi connectivity index (χ2v) is 12.2. The predicted octanol–water partition coefficient (Wildman–Crippen LogP) is 2.83. The maximum absolute atomic E-state index is 15.2. The number of halogens is 1. The first-order valence-electron chi connectivity index (χ1n) is 11.1. The van der Waals surface area contributed by atoms with E-state index in [2.05, 4.69) is 19.3 Å². The molecule has 0 aromatic carbocycles. The molecule has 2 aromatic heterocycles. The van der Waals surface area contributed by atoms with Crippen LogP contribution in [0, 0.1) is 5.82 Å². The molecule has 9 nitrogen and oxygen atoms in total. The molecule has 0 saturated heterocycles. The average Bonchev–Trinajstić information content (AvgIpc) is 3.02. The van der Waals surface area contributed by atoms with Crippen LogP contribution in [0.4, 0.5) is 4.39 Å². The minimum Gasteiger partial charge on any atom is -0.480 e. The molecule has 0 saturated carbocycles. The highest BCUT2D eigenvalue weighted by Crippen LogP contribution is 2.46. The van der Waals surface area contributed by atoms with Gasteiger partial charge in [-0.25, -0.2) is 22.9 Å². The van der Waals surface area contributed by atoms with E-state index in [0.29, 0.717) is 24.5 Å². The van der Waals surface area contributed by atoms with E-state index in [4.69, 9.17) is 15.5 Å². The van der Waals surface area contributed by atoms with Crippen molar-refractivity contribution in [3.8, 4) is 5.88 Å². The molecule has 0 aliphatic carbocycles. The lowest BCUT2D eigenvalue weighted by atomic mass is 9.88. The third kappa shape index (κ3) is 3.85. The van der Waals surface area contributed by atoms with Gasteiger partial charge < -0.3 is 10.5 Å². The van der Waals surface area contributed by atoms with Gasteiger partial charge in [0.2, 0.25) is 5.88 Å². The number of nitrogens with two attached hydrogens (primary N) is 1. The van der Waals surface area contributed by atoms with Crippen molar-refractivity contribution in [1.82, 2.24) is 15.0 Å². The Kier molecular flexibility index (Phi) is 6.17. The number of pyridine rings is 1. The number of aliphatic imine (C=N–C) groups is 1. The molecule has 0 fully saturated rings. The number of carbonyl (C=O) groups is 1. The van der Waals surface area contributed by atoms with Crippen molar-refractivity contribution in [2.24, 2.45) is 15.1 Å². The molecule has 0 unspecified atom stereocenters. The van der Waals surface area contributed by atoms with Gasteiger partial charge in [0.1, 0.15) is 33.3 Å². The van der Waals surface area contributed by atoms with Gasteiger partial charge in [0, 0.05) is 12.2 Å². The largest absolute Gasteiger partial charge is 0.480 e. The number of nitrogens with zero attached hydrogens (tertiary/aromatic N) is 5. The fourth-order valence-corrected chi connectivity index (χ4v) is 7.80. The monoisotopic (exact) mass is 488 g/mol. The zero-order valence-corrected chi connectivity index (χ0v) is 20.6. The number of aromatic nitrogens is 3. The summed E-state index contributed by atoms with van der Waals surface area (Å²) in [6.07, 6.45) is 4.72. The molecule has 34 heavy (non-hydrogen) atoms. The second-order valence-electron chi connectivity index (χ2n) is 9.24. The number of Topliss-reactive ketones (excluding diaryl/α,β-unsaturated/α-hetero) is 1. The molecule has 0 spiro atoms. The lowest BCUT2D eigenvalue weighted by molar-refractivity contribution is 0.0986.